The van der Waals surface area contributed by atoms with Gasteiger partial charge in [0.25, 0.3) is 0 Å². The Hall–Kier alpha value is -1.82. The maximum Gasteiger partial charge on any atom is 0.157 e. The fraction of sp³-hybridized carbons (Fsp3) is 0.529. The van der Waals surface area contributed by atoms with Gasteiger partial charge in [-0.25, -0.2) is 0 Å². The zero-order valence-electron chi connectivity index (χ0n) is 12.1. The molecule has 0 heterocycles. The Labute approximate surface area is 120 Å². The minimum Gasteiger partial charge on any atom is -0.496 e. The van der Waals surface area contributed by atoms with Crippen LogP contribution in [0, 0.1) is 23.2 Å². The molecule has 0 spiro atoms. The van der Waals surface area contributed by atoms with Crippen LogP contribution >= 0.6 is 0 Å². The van der Waals surface area contributed by atoms with Gasteiger partial charge in [0.1, 0.15) is 11.7 Å². The molecule has 1 aliphatic carbocycles. The molecule has 0 bridgehead atoms. The predicted octanol–water partition coefficient (Wildman–Crippen LogP) is 3.70. The second kappa shape index (κ2) is 6.56. The number of hydrogen-bond acceptors (Lipinski definition) is 3. The third-order valence-electron chi connectivity index (χ3n) is 4.28. The summed E-state index contributed by atoms with van der Waals surface area (Å²) in [4.78, 5) is 12.6. The summed E-state index contributed by atoms with van der Waals surface area (Å²) < 4.78 is 5.28. The predicted molar refractivity (Wildman–Crippen MR) is 77.5 cm³/mol. The second-order valence-electron chi connectivity index (χ2n) is 5.66. The molecule has 0 aromatic heterocycles. The van der Waals surface area contributed by atoms with E-state index in [0.717, 1.165) is 25.7 Å². The number of carbonyl (C=O) groups is 1. The number of Topliss-reactive ketones (excluding diaryl/α,β-unsaturated/α-hetero) is 1. The molecule has 0 N–H and O–H groups in total. The second-order valence-corrected chi connectivity index (χ2v) is 5.66. The Kier molecular flexibility index (Phi) is 4.79. The maximum absolute atomic E-state index is 12.6. The van der Waals surface area contributed by atoms with Crippen molar-refractivity contribution in [2.24, 2.45) is 11.8 Å². The van der Waals surface area contributed by atoms with Crippen molar-refractivity contribution in [3.63, 3.8) is 0 Å². The molecule has 106 valence electrons. The normalized spacial score (nSPS) is 23.6. The smallest absolute Gasteiger partial charge is 0.157 e. The third-order valence-corrected chi connectivity index (χ3v) is 4.28. The van der Waals surface area contributed by atoms with Crippen molar-refractivity contribution in [2.45, 2.75) is 38.5 Å². The van der Waals surface area contributed by atoms with Gasteiger partial charge in [0.2, 0.25) is 0 Å². The number of hydrogen-bond donors (Lipinski definition) is 0. The lowest BCUT2D eigenvalue weighted by molar-refractivity contribution is -0.124. The number of rotatable bonds is 4. The highest BCUT2D eigenvalue weighted by Crippen LogP contribution is 2.35. The number of benzene rings is 1. The van der Waals surface area contributed by atoms with Gasteiger partial charge < -0.3 is 4.74 Å². The van der Waals surface area contributed by atoms with Gasteiger partial charge in [-0.15, -0.1) is 0 Å². The van der Waals surface area contributed by atoms with Crippen molar-refractivity contribution < 1.29 is 9.53 Å². The lowest BCUT2D eigenvalue weighted by atomic mass is 9.76. The monoisotopic (exact) mass is 271 g/mol. The Morgan fingerprint density at radius 2 is 1.95 bits per heavy atom. The van der Waals surface area contributed by atoms with E-state index in [0.29, 0.717) is 17.2 Å². The lowest BCUT2D eigenvalue weighted by Crippen LogP contribution is -2.25. The molecule has 1 saturated carbocycles. The molecule has 0 saturated heterocycles. The van der Waals surface area contributed by atoms with E-state index >= 15 is 0 Å². The van der Waals surface area contributed by atoms with E-state index in [1.807, 2.05) is 18.2 Å². The zero-order valence-corrected chi connectivity index (χ0v) is 12.1. The molecule has 3 nitrogen and oxygen atoms in total. The summed E-state index contributed by atoms with van der Waals surface area (Å²) in [6.45, 7) is 2.22. The molecular weight excluding hydrogens is 250 g/mol. The van der Waals surface area contributed by atoms with Gasteiger partial charge in [0, 0.05) is 11.5 Å². The summed E-state index contributed by atoms with van der Waals surface area (Å²) in [6, 6.07) is 9.49. The van der Waals surface area contributed by atoms with Crippen LogP contribution in [0.3, 0.4) is 0 Å². The highest BCUT2D eigenvalue weighted by atomic mass is 16.5. The standard InChI is InChI=1S/C17H21NO2/c1-12-7-9-13(10-8-12)17(19)15(11-18)14-5-3-4-6-16(14)20-2/h3-6,12-13,15H,7-10H2,1-2H3. The summed E-state index contributed by atoms with van der Waals surface area (Å²) in [5, 5.41) is 9.43. The van der Waals surface area contributed by atoms with Crippen LogP contribution in [0.5, 0.6) is 5.75 Å². The van der Waals surface area contributed by atoms with Crippen LogP contribution < -0.4 is 4.74 Å². The van der Waals surface area contributed by atoms with E-state index in [4.69, 9.17) is 4.74 Å². The summed E-state index contributed by atoms with van der Waals surface area (Å²) in [5.41, 5.74) is 0.695. The average molecular weight is 271 g/mol. The summed E-state index contributed by atoms with van der Waals surface area (Å²) in [7, 11) is 1.57. The van der Waals surface area contributed by atoms with E-state index in [1.165, 1.54) is 0 Å². The first-order valence-corrected chi connectivity index (χ1v) is 7.23. The molecule has 1 fully saturated rings. The van der Waals surface area contributed by atoms with Crippen molar-refractivity contribution in [2.75, 3.05) is 7.11 Å². The van der Waals surface area contributed by atoms with Gasteiger partial charge in [-0.1, -0.05) is 38.0 Å². The first-order chi connectivity index (χ1) is 9.67. The number of para-hydroxylation sites is 1. The van der Waals surface area contributed by atoms with Crippen LogP contribution in [0.25, 0.3) is 0 Å². The van der Waals surface area contributed by atoms with E-state index < -0.39 is 5.92 Å². The topological polar surface area (TPSA) is 50.1 Å². The molecular formula is C17H21NO2. The summed E-state index contributed by atoms with van der Waals surface area (Å²) in [6.07, 6.45) is 3.99. The van der Waals surface area contributed by atoms with E-state index in [2.05, 4.69) is 13.0 Å². The van der Waals surface area contributed by atoms with Gasteiger partial charge in [-0.05, 0) is 24.8 Å². The number of ketones is 1. The average Bonchev–Trinajstić information content (AvgIpc) is 2.49. The molecule has 20 heavy (non-hydrogen) atoms. The molecule has 1 aliphatic rings. The Morgan fingerprint density at radius 1 is 1.30 bits per heavy atom. The Morgan fingerprint density at radius 3 is 2.55 bits per heavy atom. The van der Waals surface area contributed by atoms with Crippen molar-refractivity contribution in [3.8, 4) is 11.8 Å². The van der Waals surface area contributed by atoms with Crippen molar-refractivity contribution in [3.05, 3.63) is 29.8 Å². The van der Waals surface area contributed by atoms with Gasteiger partial charge in [0.05, 0.1) is 13.2 Å². The van der Waals surface area contributed by atoms with Crippen LogP contribution in [0.1, 0.15) is 44.1 Å². The number of ether oxygens (including phenoxy) is 1. The van der Waals surface area contributed by atoms with Crippen LogP contribution in [0.4, 0.5) is 0 Å². The highest BCUT2D eigenvalue weighted by molar-refractivity contribution is 5.91. The molecule has 1 aromatic rings. The van der Waals surface area contributed by atoms with Crippen LogP contribution in [-0.2, 0) is 4.79 Å². The molecule has 0 radical (unpaired) electrons. The SMILES string of the molecule is COc1ccccc1C(C#N)C(=O)C1CCC(C)CC1. The van der Waals surface area contributed by atoms with E-state index in [1.54, 1.807) is 13.2 Å². The number of methoxy groups -OCH3 is 1. The number of nitrogens with zero attached hydrogens (tertiary/aromatic N) is 1. The molecule has 1 aromatic carbocycles. The first-order valence-electron chi connectivity index (χ1n) is 7.23. The Balaban J connectivity index is 2.20. The van der Waals surface area contributed by atoms with Crippen molar-refractivity contribution in [1.82, 2.24) is 0 Å². The maximum atomic E-state index is 12.6. The minimum atomic E-state index is -0.704. The number of nitriles is 1. The van der Waals surface area contributed by atoms with E-state index in [9.17, 15) is 10.1 Å². The lowest BCUT2D eigenvalue weighted by Gasteiger charge is -2.26. The zero-order chi connectivity index (χ0) is 14.5. The molecule has 0 amide bonds. The minimum absolute atomic E-state index is 0.0285. The third kappa shape index (κ3) is 3.01. The highest BCUT2D eigenvalue weighted by Gasteiger charge is 2.32. The first kappa shape index (κ1) is 14.6. The van der Waals surface area contributed by atoms with Crippen LogP contribution in [-0.4, -0.2) is 12.9 Å². The van der Waals surface area contributed by atoms with E-state index in [-0.39, 0.29) is 11.7 Å². The Bertz CT molecular complexity index is 510. The van der Waals surface area contributed by atoms with Gasteiger partial charge >= 0.3 is 0 Å². The fourth-order valence-electron chi connectivity index (χ4n) is 2.97. The van der Waals surface area contributed by atoms with Gasteiger partial charge in [-0.3, -0.25) is 4.79 Å². The molecule has 1 atom stereocenters. The summed E-state index contributed by atoms with van der Waals surface area (Å²) in [5.74, 6) is 0.705. The quantitative estimate of drug-likeness (QED) is 0.839. The molecule has 1 unspecified atom stereocenters. The van der Waals surface area contributed by atoms with Gasteiger partial charge in [-0.2, -0.15) is 5.26 Å². The number of carbonyl (C=O) groups excluding carboxylic acids is 1. The van der Waals surface area contributed by atoms with Crippen LogP contribution in [0.15, 0.2) is 24.3 Å². The molecule has 3 heteroatoms. The summed E-state index contributed by atoms with van der Waals surface area (Å²) >= 11 is 0. The fourth-order valence-corrected chi connectivity index (χ4v) is 2.97. The molecule has 2 rings (SSSR count). The van der Waals surface area contributed by atoms with Crippen molar-refractivity contribution in [1.29, 1.82) is 5.26 Å². The van der Waals surface area contributed by atoms with Crippen molar-refractivity contribution >= 4 is 5.78 Å². The largest absolute Gasteiger partial charge is 0.496 e. The van der Waals surface area contributed by atoms with Crippen LogP contribution in [0.2, 0.25) is 0 Å². The molecule has 0 aliphatic heterocycles. The van der Waals surface area contributed by atoms with Gasteiger partial charge in [0.15, 0.2) is 5.78 Å².